The molecule has 0 amide bonds. The van der Waals surface area contributed by atoms with Gasteiger partial charge < -0.3 is 0 Å². The Labute approximate surface area is 62.3 Å². The first-order valence-corrected chi connectivity index (χ1v) is 3.54. The second-order valence-corrected chi connectivity index (χ2v) is 2.25. The number of rotatable bonds is 2. The molecule has 52 valence electrons. The molecule has 0 aliphatic heterocycles. The molecule has 0 saturated carbocycles. The second kappa shape index (κ2) is 3.21. The van der Waals surface area contributed by atoms with Gasteiger partial charge in [0, 0.05) is 0 Å². The molecule has 0 nitrogen and oxygen atoms in total. The Hall–Kier alpha value is -1.04. The van der Waals surface area contributed by atoms with Gasteiger partial charge in [0.05, 0.1) is 0 Å². The Kier molecular flexibility index (Phi) is 2.27. The van der Waals surface area contributed by atoms with Crippen molar-refractivity contribution >= 4 is 0 Å². The Morgan fingerprint density at radius 3 is 2.90 bits per heavy atom. The summed E-state index contributed by atoms with van der Waals surface area (Å²) in [5, 5.41) is 0. The van der Waals surface area contributed by atoms with E-state index in [9.17, 15) is 0 Å². The van der Waals surface area contributed by atoms with Gasteiger partial charge in [-0.1, -0.05) is 37.0 Å². The van der Waals surface area contributed by atoms with Crippen molar-refractivity contribution in [3.8, 4) is 0 Å². The van der Waals surface area contributed by atoms with Crippen molar-refractivity contribution in [1.29, 1.82) is 0 Å². The first kappa shape index (κ1) is 7.07. The third-order valence-electron chi connectivity index (χ3n) is 1.64. The minimum Gasteiger partial charge on any atom is -0.0985 e. The zero-order valence-electron chi connectivity index (χ0n) is 6.30. The monoisotopic (exact) mass is 132 g/mol. The summed E-state index contributed by atoms with van der Waals surface area (Å²) in [5.74, 6) is 0. The molecule has 10 heavy (non-hydrogen) atoms. The van der Waals surface area contributed by atoms with Crippen LogP contribution in [0.25, 0.3) is 0 Å². The summed E-state index contributed by atoms with van der Waals surface area (Å²) in [5.41, 5.74) is 2.53. The zero-order valence-corrected chi connectivity index (χ0v) is 6.30. The number of hydrogen-bond acceptors (Lipinski definition) is 0. The Morgan fingerprint density at radius 1 is 1.70 bits per heavy atom. The van der Waals surface area contributed by atoms with Crippen LogP contribution >= 0.6 is 0 Å². The molecule has 0 heteroatoms. The normalized spacial score (nSPS) is 17.3. The quantitative estimate of drug-likeness (QED) is 0.507. The third kappa shape index (κ3) is 1.27. The van der Waals surface area contributed by atoms with Gasteiger partial charge in [0.25, 0.3) is 0 Å². The van der Waals surface area contributed by atoms with E-state index in [-0.39, 0.29) is 0 Å². The van der Waals surface area contributed by atoms with E-state index in [0.29, 0.717) is 0 Å². The van der Waals surface area contributed by atoms with E-state index in [0.717, 1.165) is 6.42 Å². The fourth-order valence-electron chi connectivity index (χ4n) is 1.07. The molecule has 0 saturated heterocycles. The predicted molar refractivity (Wildman–Crippen MR) is 45.8 cm³/mol. The van der Waals surface area contributed by atoms with Crippen LogP contribution in [0, 0.1) is 0 Å². The Morgan fingerprint density at radius 2 is 2.50 bits per heavy atom. The van der Waals surface area contributed by atoms with Crippen LogP contribution in [0.15, 0.2) is 48.1 Å². The summed E-state index contributed by atoms with van der Waals surface area (Å²) in [6, 6.07) is 0. The van der Waals surface area contributed by atoms with E-state index in [4.69, 9.17) is 0 Å². The van der Waals surface area contributed by atoms with Crippen LogP contribution in [0.1, 0.15) is 13.3 Å². The van der Waals surface area contributed by atoms with E-state index in [1.165, 1.54) is 11.1 Å². The van der Waals surface area contributed by atoms with Crippen LogP contribution in [0.2, 0.25) is 0 Å². The average molecular weight is 132 g/mol. The summed E-state index contributed by atoms with van der Waals surface area (Å²) in [6.07, 6.45) is 11.5. The van der Waals surface area contributed by atoms with Gasteiger partial charge in [-0.2, -0.15) is 0 Å². The maximum Gasteiger partial charge on any atom is -0.0157 e. The van der Waals surface area contributed by atoms with Crippen LogP contribution in [0.4, 0.5) is 0 Å². The van der Waals surface area contributed by atoms with E-state index in [1.54, 1.807) is 0 Å². The summed E-state index contributed by atoms with van der Waals surface area (Å²) in [4.78, 5) is 0. The molecule has 1 aliphatic rings. The summed E-state index contributed by atoms with van der Waals surface area (Å²) >= 11 is 0. The summed E-state index contributed by atoms with van der Waals surface area (Å²) in [7, 11) is 0. The van der Waals surface area contributed by atoms with Gasteiger partial charge in [0.2, 0.25) is 0 Å². The van der Waals surface area contributed by atoms with Crippen molar-refractivity contribution in [2.45, 2.75) is 13.3 Å². The SMILES string of the molecule is C=C/C(=C\C)C1=CCC=C1. The first-order valence-electron chi connectivity index (χ1n) is 3.54. The molecule has 0 atom stereocenters. The molecular formula is C10H12. The molecule has 0 fully saturated rings. The van der Waals surface area contributed by atoms with Gasteiger partial charge in [-0.05, 0) is 24.5 Å². The highest BCUT2D eigenvalue weighted by atomic mass is 14.0. The molecule has 0 radical (unpaired) electrons. The molecule has 0 unspecified atom stereocenters. The largest absolute Gasteiger partial charge is 0.0985 e. The van der Waals surface area contributed by atoms with Crippen LogP contribution in [0.3, 0.4) is 0 Å². The number of hydrogen-bond donors (Lipinski definition) is 0. The van der Waals surface area contributed by atoms with Crippen LogP contribution in [0.5, 0.6) is 0 Å². The van der Waals surface area contributed by atoms with Gasteiger partial charge in [-0.3, -0.25) is 0 Å². The highest BCUT2D eigenvalue weighted by Crippen LogP contribution is 2.18. The first-order chi connectivity index (χ1) is 4.88. The standard InChI is InChI=1S/C10H12/c1-3-9(4-2)10-7-5-6-8-10/h3-5,7-8H,1,6H2,2H3/b9-4+. The van der Waals surface area contributed by atoms with Crippen molar-refractivity contribution in [2.75, 3.05) is 0 Å². The maximum absolute atomic E-state index is 3.73. The molecule has 0 aromatic heterocycles. The molecule has 0 heterocycles. The molecule has 0 N–H and O–H groups in total. The summed E-state index contributed by atoms with van der Waals surface area (Å²) < 4.78 is 0. The number of allylic oxidation sites excluding steroid dienone is 7. The van der Waals surface area contributed by atoms with Crippen molar-refractivity contribution in [3.05, 3.63) is 48.1 Å². The van der Waals surface area contributed by atoms with Crippen LogP contribution < -0.4 is 0 Å². The lowest BCUT2D eigenvalue weighted by atomic mass is 10.1. The lowest BCUT2D eigenvalue weighted by Crippen LogP contribution is -1.77. The van der Waals surface area contributed by atoms with E-state index >= 15 is 0 Å². The second-order valence-electron chi connectivity index (χ2n) is 2.25. The summed E-state index contributed by atoms with van der Waals surface area (Å²) in [6.45, 7) is 5.77. The van der Waals surface area contributed by atoms with Crippen LogP contribution in [-0.2, 0) is 0 Å². The van der Waals surface area contributed by atoms with Gasteiger partial charge >= 0.3 is 0 Å². The van der Waals surface area contributed by atoms with Crippen molar-refractivity contribution < 1.29 is 0 Å². The highest BCUT2D eigenvalue weighted by molar-refractivity contribution is 5.48. The maximum atomic E-state index is 3.73. The predicted octanol–water partition coefficient (Wildman–Crippen LogP) is 3.01. The molecule has 1 rings (SSSR count). The Bertz CT molecular complexity index is 208. The average Bonchev–Trinajstić information content (AvgIpc) is 2.43. The zero-order chi connectivity index (χ0) is 7.40. The fourth-order valence-corrected chi connectivity index (χ4v) is 1.07. The minimum absolute atomic E-state index is 1.07. The highest BCUT2D eigenvalue weighted by Gasteiger charge is 1.98. The van der Waals surface area contributed by atoms with Gasteiger partial charge in [-0.25, -0.2) is 0 Å². The smallest absolute Gasteiger partial charge is 0.0157 e. The molecular weight excluding hydrogens is 120 g/mol. The molecule has 0 aromatic rings. The lowest BCUT2D eigenvalue weighted by Gasteiger charge is -1.96. The van der Waals surface area contributed by atoms with E-state index in [1.807, 2.05) is 13.0 Å². The van der Waals surface area contributed by atoms with Gasteiger partial charge in [0.15, 0.2) is 0 Å². The molecule has 0 aromatic carbocycles. The lowest BCUT2D eigenvalue weighted by molar-refractivity contribution is 1.43. The topological polar surface area (TPSA) is 0 Å². The molecule has 0 spiro atoms. The molecule has 1 aliphatic carbocycles. The van der Waals surface area contributed by atoms with Gasteiger partial charge in [0.1, 0.15) is 0 Å². The van der Waals surface area contributed by atoms with Gasteiger partial charge in [-0.15, -0.1) is 0 Å². The van der Waals surface area contributed by atoms with Crippen molar-refractivity contribution in [3.63, 3.8) is 0 Å². The van der Waals surface area contributed by atoms with E-state index in [2.05, 4.69) is 30.9 Å². The molecule has 0 bridgehead atoms. The van der Waals surface area contributed by atoms with E-state index < -0.39 is 0 Å². The minimum atomic E-state index is 1.07. The third-order valence-corrected chi connectivity index (χ3v) is 1.64. The fraction of sp³-hybridized carbons (Fsp3) is 0.200. The van der Waals surface area contributed by atoms with Crippen LogP contribution in [-0.4, -0.2) is 0 Å². The van der Waals surface area contributed by atoms with Crippen molar-refractivity contribution in [1.82, 2.24) is 0 Å². The Balaban J connectivity index is 2.81. The van der Waals surface area contributed by atoms with Crippen molar-refractivity contribution in [2.24, 2.45) is 0 Å².